The van der Waals surface area contributed by atoms with E-state index < -0.39 is 6.10 Å². The molecule has 0 radical (unpaired) electrons. The molecular weight excluding hydrogens is 186 g/mol. The van der Waals surface area contributed by atoms with Gasteiger partial charge in [0.15, 0.2) is 0 Å². The van der Waals surface area contributed by atoms with Gasteiger partial charge in [-0.1, -0.05) is 24.6 Å². The molecule has 0 heterocycles. The predicted molar refractivity (Wildman–Crippen MR) is 61.7 cm³/mol. The number of aliphatic hydroxyl groups excluding tert-OH is 1. The number of hydrogen-bond donors (Lipinski definition) is 2. The second-order valence-corrected chi connectivity index (χ2v) is 4.34. The standard InChI is InChI=1S/C13H19NO/c14-9-13(15)12-7-6-10-4-2-1-3-5-11(10)8-12/h6-8,13,15H,1-5,9,14H2. The molecule has 0 saturated carbocycles. The average molecular weight is 205 g/mol. The van der Waals surface area contributed by atoms with E-state index in [0.29, 0.717) is 6.54 Å². The van der Waals surface area contributed by atoms with Crippen LogP contribution in [0.4, 0.5) is 0 Å². The van der Waals surface area contributed by atoms with E-state index in [9.17, 15) is 5.11 Å². The van der Waals surface area contributed by atoms with Crippen molar-refractivity contribution in [3.8, 4) is 0 Å². The normalized spacial score (nSPS) is 18.0. The first-order valence-corrected chi connectivity index (χ1v) is 5.81. The number of fused-ring (bicyclic) bond motifs is 1. The van der Waals surface area contributed by atoms with Crippen LogP contribution in [0.15, 0.2) is 18.2 Å². The molecule has 1 aromatic rings. The Balaban J connectivity index is 2.27. The van der Waals surface area contributed by atoms with Gasteiger partial charge in [-0.3, -0.25) is 0 Å². The number of aliphatic hydroxyl groups is 1. The summed E-state index contributed by atoms with van der Waals surface area (Å²) in [7, 11) is 0. The second kappa shape index (κ2) is 4.77. The number of hydrogen-bond acceptors (Lipinski definition) is 2. The van der Waals surface area contributed by atoms with E-state index in [0.717, 1.165) is 12.0 Å². The first-order chi connectivity index (χ1) is 7.31. The van der Waals surface area contributed by atoms with Gasteiger partial charge in [-0.25, -0.2) is 0 Å². The molecule has 82 valence electrons. The van der Waals surface area contributed by atoms with Crippen LogP contribution in [0, 0.1) is 0 Å². The van der Waals surface area contributed by atoms with Gasteiger partial charge in [-0.05, 0) is 42.4 Å². The summed E-state index contributed by atoms with van der Waals surface area (Å²) in [4.78, 5) is 0. The van der Waals surface area contributed by atoms with Crippen molar-refractivity contribution in [1.82, 2.24) is 0 Å². The molecule has 1 atom stereocenters. The summed E-state index contributed by atoms with van der Waals surface area (Å²) in [5, 5.41) is 9.68. The Labute approximate surface area is 91.1 Å². The van der Waals surface area contributed by atoms with Gasteiger partial charge >= 0.3 is 0 Å². The maximum Gasteiger partial charge on any atom is 0.0912 e. The highest BCUT2D eigenvalue weighted by atomic mass is 16.3. The van der Waals surface area contributed by atoms with Crippen LogP contribution in [0.25, 0.3) is 0 Å². The van der Waals surface area contributed by atoms with Crippen molar-refractivity contribution >= 4 is 0 Å². The van der Waals surface area contributed by atoms with E-state index in [4.69, 9.17) is 5.73 Å². The third-order valence-electron chi connectivity index (χ3n) is 3.23. The van der Waals surface area contributed by atoms with E-state index in [2.05, 4.69) is 12.1 Å². The molecule has 0 saturated heterocycles. The lowest BCUT2D eigenvalue weighted by molar-refractivity contribution is 0.186. The van der Waals surface area contributed by atoms with E-state index >= 15 is 0 Å². The highest BCUT2D eigenvalue weighted by Crippen LogP contribution is 2.23. The SMILES string of the molecule is NCC(O)c1ccc2c(c1)CCCCC2. The molecule has 3 N–H and O–H groups in total. The van der Waals surface area contributed by atoms with Gasteiger partial charge in [-0.15, -0.1) is 0 Å². The Morgan fingerprint density at radius 3 is 2.60 bits per heavy atom. The largest absolute Gasteiger partial charge is 0.387 e. The predicted octanol–water partition coefficient (Wildman–Crippen LogP) is 1.95. The zero-order valence-corrected chi connectivity index (χ0v) is 9.08. The molecule has 15 heavy (non-hydrogen) atoms. The molecule has 0 aliphatic heterocycles. The van der Waals surface area contributed by atoms with Gasteiger partial charge in [0, 0.05) is 6.54 Å². The van der Waals surface area contributed by atoms with Crippen molar-refractivity contribution in [2.75, 3.05) is 6.54 Å². The number of aryl methyl sites for hydroxylation is 2. The number of rotatable bonds is 2. The maximum absolute atomic E-state index is 9.68. The van der Waals surface area contributed by atoms with Gasteiger partial charge in [0.1, 0.15) is 0 Å². The monoisotopic (exact) mass is 205 g/mol. The van der Waals surface area contributed by atoms with Crippen LogP contribution in [0.3, 0.4) is 0 Å². The van der Waals surface area contributed by atoms with Crippen molar-refractivity contribution in [2.45, 2.75) is 38.2 Å². The van der Waals surface area contributed by atoms with Gasteiger partial charge in [0.05, 0.1) is 6.10 Å². The highest BCUT2D eigenvalue weighted by molar-refractivity contribution is 5.34. The zero-order chi connectivity index (χ0) is 10.7. The fourth-order valence-corrected chi connectivity index (χ4v) is 2.27. The van der Waals surface area contributed by atoms with Gasteiger partial charge in [0.25, 0.3) is 0 Å². The molecule has 0 amide bonds. The lowest BCUT2D eigenvalue weighted by Gasteiger charge is -2.12. The molecule has 2 rings (SSSR count). The van der Waals surface area contributed by atoms with E-state index in [1.54, 1.807) is 0 Å². The first-order valence-electron chi connectivity index (χ1n) is 5.81. The van der Waals surface area contributed by atoms with Crippen molar-refractivity contribution in [3.63, 3.8) is 0 Å². The average Bonchev–Trinajstić information content (AvgIpc) is 2.51. The molecule has 1 aliphatic rings. The van der Waals surface area contributed by atoms with Crippen molar-refractivity contribution in [3.05, 3.63) is 34.9 Å². The molecule has 1 aliphatic carbocycles. The summed E-state index contributed by atoms with van der Waals surface area (Å²) in [6.07, 6.45) is 5.73. The maximum atomic E-state index is 9.68. The minimum Gasteiger partial charge on any atom is -0.387 e. The van der Waals surface area contributed by atoms with Crippen LogP contribution < -0.4 is 5.73 Å². The minimum atomic E-state index is -0.501. The van der Waals surface area contributed by atoms with Crippen LogP contribution in [0.5, 0.6) is 0 Å². The highest BCUT2D eigenvalue weighted by Gasteiger charge is 2.11. The molecule has 1 aromatic carbocycles. The Bertz CT molecular complexity index is 335. The summed E-state index contributed by atoms with van der Waals surface area (Å²) in [6.45, 7) is 0.304. The summed E-state index contributed by atoms with van der Waals surface area (Å²) < 4.78 is 0. The summed E-state index contributed by atoms with van der Waals surface area (Å²) in [5.41, 5.74) is 9.30. The first kappa shape index (κ1) is 10.7. The van der Waals surface area contributed by atoms with Crippen LogP contribution in [-0.4, -0.2) is 11.7 Å². The third kappa shape index (κ3) is 2.39. The number of nitrogens with two attached hydrogens (primary N) is 1. The Kier molecular flexibility index (Phi) is 3.39. The molecule has 0 spiro atoms. The van der Waals surface area contributed by atoms with E-state index in [1.165, 1.54) is 36.8 Å². The van der Waals surface area contributed by atoms with Gasteiger partial charge in [0.2, 0.25) is 0 Å². The molecule has 2 nitrogen and oxygen atoms in total. The summed E-state index contributed by atoms with van der Waals surface area (Å²) in [5.74, 6) is 0. The zero-order valence-electron chi connectivity index (χ0n) is 9.08. The topological polar surface area (TPSA) is 46.2 Å². The minimum absolute atomic E-state index is 0.304. The van der Waals surface area contributed by atoms with Crippen LogP contribution in [0.1, 0.15) is 42.1 Å². The van der Waals surface area contributed by atoms with Gasteiger partial charge < -0.3 is 10.8 Å². The Hall–Kier alpha value is -0.860. The Morgan fingerprint density at radius 1 is 1.13 bits per heavy atom. The van der Waals surface area contributed by atoms with Crippen LogP contribution >= 0.6 is 0 Å². The lowest BCUT2D eigenvalue weighted by Crippen LogP contribution is -2.12. The summed E-state index contributed by atoms with van der Waals surface area (Å²) in [6, 6.07) is 6.31. The summed E-state index contributed by atoms with van der Waals surface area (Å²) >= 11 is 0. The fraction of sp³-hybridized carbons (Fsp3) is 0.538. The number of benzene rings is 1. The molecule has 0 fully saturated rings. The van der Waals surface area contributed by atoms with Crippen molar-refractivity contribution in [1.29, 1.82) is 0 Å². The molecule has 0 aromatic heterocycles. The Morgan fingerprint density at radius 2 is 1.87 bits per heavy atom. The van der Waals surface area contributed by atoms with Crippen molar-refractivity contribution in [2.24, 2.45) is 5.73 Å². The molecular formula is C13H19NO. The van der Waals surface area contributed by atoms with E-state index in [1.807, 2.05) is 6.07 Å². The van der Waals surface area contributed by atoms with Crippen LogP contribution in [-0.2, 0) is 12.8 Å². The van der Waals surface area contributed by atoms with Crippen LogP contribution in [0.2, 0.25) is 0 Å². The fourth-order valence-electron chi connectivity index (χ4n) is 2.27. The lowest BCUT2D eigenvalue weighted by atomic mass is 9.98. The molecule has 1 unspecified atom stereocenters. The quantitative estimate of drug-likeness (QED) is 0.725. The van der Waals surface area contributed by atoms with Gasteiger partial charge in [-0.2, -0.15) is 0 Å². The van der Waals surface area contributed by atoms with E-state index in [-0.39, 0.29) is 0 Å². The smallest absolute Gasteiger partial charge is 0.0912 e. The second-order valence-electron chi connectivity index (χ2n) is 4.34. The van der Waals surface area contributed by atoms with Crippen molar-refractivity contribution < 1.29 is 5.11 Å². The molecule has 2 heteroatoms. The molecule has 0 bridgehead atoms. The third-order valence-corrected chi connectivity index (χ3v) is 3.23.